The van der Waals surface area contributed by atoms with Crippen LogP contribution >= 0.6 is 0 Å². The summed E-state index contributed by atoms with van der Waals surface area (Å²) in [5.74, 6) is 0. The maximum absolute atomic E-state index is 10.6. The van der Waals surface area contributed by atoms with Crippen LogP contribution in [0, 0.1) is 0 Å². The van der Waals surface area contributed by atoms with Gasteiger partial charge in [-0.1, -0.05) is 0 Å². The second kappa shape index (κ2) is 8.35. The zero-order chi connectivity index (χ0) is 18.0. The highest BCUT2D eigenvalue weighted by molar-refractivity contribution is 5.05. The van der Waals surface area contributed by atoms with E-state index in [4.69, 9.17) is 31.4 Å². The third-order valence-electron chi connectivity index (χ3n) is 5.10. The van der Waals surface area contributed by atoms with E-state index in [-0.39, 0.29) is 18.2 Å². The summed E-state index contributed by atoms with van der Waals surface area (Å²) in [7, 11) is 3.14. The van der Waals surface area contributed by atoms with Crippen molar-refractivity contribution < 1.29 is 24.4 Å². The third kappa shape index (κ3) is 3.90. The van der Waals surface area contributed by atoms with E-state index in [0.717, 1.165) is 6.42 Å². The molecule has 0 amide bonds. The van der Waals surface area contributed by atoms with Gasteiger partial charge in [-0.2, -0.15) is 0 Å². The molecule has 0 aromatic carbocycles. The van der Waals surface area contributed by atoms with Crippen LogP contribution in [0.2, 0.25) is 0 Å². The highest BCUT2D eigenvalue weighted by Gasteiger charge is 2.50. The van der Waals surface area contributed by atoms with Crippen molar-refractivity contribution in [3.05, 3.63) is 0 Å². The number of methoxy groups -OCH3 is 1. The van der Waals surface area contributed by atoms with E-state index in [1.54, 1.807) is 7.05 Å². The van der Waals surface area contributed by atoms with Crippen LogP contribution in [0.5, 0.6) is 0 Å². The van der Waals surface area contributed by atoms with Gasteiger partial charge in [-0.15, -0.1) is 0 Å². The lowest BCUT2D eigenvalue weighted by molar-refractivity contribution is -0.262. The monoisotopic (exact) mass is 348 g/mol. The van der Waals surface area contributed by atoms with E-state index >= 15 is 0 Å². The second-order valence-electron chi connectivity index (χ2n) is 6.82. The van der Waals surface area contributed by atoms with Crippen LogP contribution in [-0.4, -0.2) is 85.3 Å². The zero-order valence-corrected chi connectivity index (χ0v) is 14.5. The molecule has 2 aliphatic rings. The maximum Gasteiger partial charge on any atom is 0.173 e. The Morgan fingerprint density at radius 3 is 2.38 bits per heavy atom. The van der Waals surface area contributed by atoms with Crippen molar-refractivity contribution in [2.75, 3.05) is 14.2 Å². The molecular formula is C15H32N4O5. The van der Waals surface area contributed by atoms with Gasteiger partial charge in [0.25, 0.3) is 0 Å². The molecule has 9 N–H and O–H groups in total. The Kier molecular flexibility index (Phi) is 6.94. The topological polar surface area (TPSA) is 158 Å². The first-order valence-corrected chi connectivity index (χ1v) is 8.45. The first-order valence-electron chi connectivity index (χ1n) is 8.45. The SMILES string of the molecule is CN[C@H]1[C@H](O)[C@H](O[C@@H]2O[C@H]([C@H](C)N)CC[C@H]2N)[C@@H](N)[C@H](O)[C@H]1OC. The molecule has 1 saturated heterocycles. The molecule has 1 saturated carbocycles. The van der Waals surface area contributed by atoms with Crippen LogP contribution in [0.15, 0.2) is 0 Å². The molecule has 0 aromatic heterocycles. The van der Waals surface area contributed by atoms with Gasteiger partial charge in [-0.25, -0.2) is 0 Å². The number of likely N-dealkylation sites (N-methyl/N-ethyl adjacent to an activating group) is 1. The van der Waals surface area contributed by atoms with Crippen molar-refractivity contribution >= 4 is 0 Å². The van der Waals surface area contributed by atoms with Crippen molar-refractivity contribution in [2.45, 2.75) is 80.7 Å². The Morgan fingerprint density at radius 2 is 1.83 bits per heavy atom. The molecule has 10 atom stereocenters. The minimum absolute atomic E-state index is 0.151. The van der Waals surface area contributed by atoms with Crippen LogP contribution < -0.4 is 22.5 Å². The molecule has 2 rings (SSSR count). The number of nitrogens with two attached hydrogens (primary N) is 3. The Labute approximate surface area is 142 Å². The second-order valence-corrected chi connectivity index (χ2v) is 6.82. The summed E-state index contributed by atoms with van der Waals surface area (Å²) in [6.07, 6.45) is -2.90. The van der Waals surface area contributed by atoms with Crippen LogP contribution in [-0.2, 0) is 14.2 Å². The molecule has 0 radical (unpaired) electrons. The first kappa shape index (κ1) is 20.0. The molecule has 9 heteroatoms. The predicted octanol–water partition coefficient (Wildman–Crippen LogP) is -2.78. The number of hydrogen-bond donors (Lipinski definition) is 6. The van der Waals surface area contributed by atoms with Gasteiger partial charge in [-0.3, -0.25) is 0 Å². The van der Waals surface area contributed by atoms with Crippen LogP contribution in [0.25, 0.3) is 0 Å². The Bertz CT molecular complexity index is 402. The van der Waals surface area contributed by atoms with Gasteiger partial charge < -0.3 is 46.9 Å². The van der Waals surface area contributed by atoms with Crippen molar-refractivity contribution in [3.63, 3.8) is 0 Å². The summed E-state index contributed by atoms with van der Waals surface area (Å²) in [6.45, 7) is 1.86. The van der Waals surface area contributed by atoms with Gasteiger partial charge in [0.05, 0.1) is 36.4 Å². The molecule has 24 heavy (non-hydrogen) atoms. The Balaban J connectivity index is 2.11. The number of hydrogen-bond acceptors (Lipinski definition) is 9. The van der Waals surface area contributed by atoms with Gasteiger partial charge >= 0.3 is 0 Å². The average molecular weight is 348 g/mol. The lowest BCUT2D eigenvalue weighted by Crippen LogP contribution is -2.71. The third-order valence-corrected chi connectivity index (χ3v) is 5.10. The summed E-state index contributed by atoms with van der Waals surface area (Å²) in [6, 6.07) is -1.85. The standard InChI is InChI=1S/C15H32N4O5/c1-6(16)8-5-4-7(17)15(23-8)24-13-9(18)11(20)14(22-3)10(19-2)12(13)21/h6-15,19-21H,4-5,16-18H2,1-3H3/t6-,7+,8-,9-,10-,11-,12-,13+,14-,15-/m0/s1. The summed E-state index contributed by atoms with van der Waals surface area (Å²) < 4.78 is 17.0. The molecule has 1 aliphatic heterocycles. The molecule has 0 spiro atoms. The van der Waals surface area contributed by atoms with Gasteiger partial charge in [-0.05, 0) is 26.8 Å². The van der Waals surface area contributed by atoms with Crippen molar-refractivity contribution in [1.82, 2.24) is 5.32 Å². The number of nitrogens with one attached hydrogen (secondary N) is 1. The fourth-order valence-corrected chi connectivity index (χ4v) is 3.55. The van der Waals surface area contributed by atoms with E-state index in [2.05, 4.69) is 5.32 Å². The van der Waals surface area contributed by atoms with Crippen LogP contribution in [0.4, 0.5) is 0 Å². The number of aliphatic hydroxyl groups excluding tert-OH is 2. The molecule has 9 nitrogen and oxygen atoms in total. The van der Waals surface area contributed by atoms with Gasteiger partial charge in [0, 0.05) is 13.2 Å². The number of rotatable bonds is 5. The normalized spacial score (nSPS) is 48.2. The molecule has 0 bridgehead atoms. The fourth-order valence-electron chi connectivity index (χ4n) is 3.55. The van der Waals surface area contributed by atoms with Crippen LogP contribution in [0.3, 0.4) is 0 Å². The Morgan fingerprint density at radius 1 is 1.17 bits per heavy atom. The maximum atomic E-state index is 10.6. The zero-order valence-electron chi connectivity index (χ0n) is 14.5. The summed E-state index contributed by atoms with van der Waals surface area (Å²) in [5.41, 5.74) is 18.1. The minimum Gasteiger partial charge on any atom is -0.389 e. The van der Waals surface area contributed by atoms with E-state index < -0.39 is 42.8 Å². The number of aliphatic hydroxyl groups is 2. The van der Waals surface area contributed by atoms with Gasteiger partial charge in [0.15, 0.2) is 6.29 Å². The summed E-state index contributed by atoms with van der Waals surface area (Å²) >= 11 is 0. The molecule has 2 fully saturated rings. The summed E-state index contributed by atoms with van der Waals surface area (Å²) in [4.78, 5) is 0. The molecular weight excluding hydrogens is 316 g/mol. The quantitative estimate of drug-likeness (QED) is 0.309. The summed E-state index contributed by atoms with van der Waals surface area (Å²) in [5, 5.41) is 24.0. The lowest BCUT2D eigenvalue weighted by atomic mass is 9.81. The van der Waals surface area contributed by atoms with E-state index in [0.29, 0.717) is 6.42 Å². The minimum atomic E-state index is -0.995. The van der Waals surface area contributed by atoms with Crippen molar-refractivity contribution in [3.8, 4) is 0 Å². The highest BCUT2D eigenvalue weighted by atomic mass is 16.7. The molecule has 1 heterocycles. The van der Waals surface area contributed by atoms with Crippen LogP contribution in [0.1, 0.15) is 19.8 Å². The smallest absolute Gasteiger partial charge is 0.173 e. The van der Waals surface area contributed by atoms with E-state index in [1.165, 1.54) is 7.11 Å². The fraction of sp³-hybridized carbons (Fsp3) is 1.00. The molecule has 0 unspecified atom stereocenters. The number of ether oxygens (including phenoxy) is 3. The molecule has 1 aliphatic carbocycles. The molecule has 142 valence electrons. The van der Waals surface area contributed by atoms with Crippen molar-refractivity contribution in [1.29, 1.82) is 0 Å². The lowest BCUT2D eigenvalue weighted by Gasteiger charge is -2.47. The first-order chi connectivity index (χ1) is 11.3. The molecule has 0 aromatic rings. The average Bonchev–Trinajstić information content (AvgIpc) is 2.55. The predicted molar refractivity (Wildman–Crippen MR) is 88.0 cm³/mol. The Hall–Kier alpha value is -0.360. The van der Waals surface area contributed by atoms with Crippen molar-refractivity contribution in [2.24, 2.45) is 17.2 Å². The van der Waals surface area contributed by atoms with Gasteiger partial charge in [0.2, 0.25) is 0 Å². The highest BCUT2D eigenvalue weighted by Crippen LogP contribution is 2.28. The van der Waals surface area contributed by atoms with Gasteiger partial charge in [0.1, 0.15) is 12.2 Å². The largest absolute Gasteiger partial charge is 0.389 e. The van der Waals surface area contributed by atoms with E-state index in [9.17, 15) is 10.2 Å². The van der Waals surface area contributed by atoms with E-state index in [1.807, 2.05) is 6.92 Å².